The minimum atomic E-state index is -1.03. The molecular formula is C15H15Cl2NO4. The van der Waals surface area contributed by atoms with E-state index in [9.17, 15) is 14.7 Å². The van der Waals surface area contributed by atoms with E-state index in [1.54, 1.807) is 18.2 Å². The Morgan fingerprint density at radius 1 is 1.23 bits per heavy atom. The first-order valence-corrected chi connectivity index (χ1v) is 7.80. The second-order valence-electron chi connectivity index (χ2n) is 5.61. The third-order valence-corrected chi connectivity index (χ3v) is 4.55. The number of hydrogen-bond donors (Lipinski definition) is 1. The summed E-state index contributed by atoms with van der Waals surface area (Å²) in [7, 11) is 0. The number of amides is 1. The van der Waals surface area contributed by atoms with Gasteiger partial charge in [0.2, 0.25) is 5.91 Å². The molecule has 2 aliphatic rings. The summed E-state index contributed by atoms with van der Waals surface area (Å²) >= 11 is 12.0. The Morgan fingerprint density at radius 2 is 1.91 bits per heavy atom. The molecule has 1 aromatic carbocycles. The second-order valence-corrected chi connectivity index (χ2v) is 6.48. The van der Waals surface area contributed by atoms with E-state index in [-0.39, 0.29) is 24.3 Å². The Bertz CT molecular complexity index is 601. The first kappa shape index (κ1) is 15.6. The van der Waals surface area contributed by atoms with Crippen LogP contribution in [0.3, 0.4) is 0 Å². The molecule has 7 heteroatoms. The van der Waals surface area contributed by atoms with E-state index >= 15 is 0 Å². The molecule has 0 radical (unpaired) electrons. The Morgan fingerprint density at radius 3 is 2.55 bits per heavy atom. The van der Waals surface area contributed by atoms with E-state index < -0.39 is 12.0 Å². The van der Waals surface area contributed by atoms with E-state index in [0.29, 0.717) is 29.6 Å². The van der Waals surface area contributed by atoms with Gasteiger partial charge in [-0.15, -0.1) is 0 Å². The highest BCUT2D eigenvalue weighted by atomic mass is 35.5. The Labute approximate surface area is 137 Å². The van der Waals surface area contributed by atoms with Crippen molar-refractivity contribution in [3.8, 4) is 0 Å². The van der Waals surface area contributed by atoms with Crippen LogP contribution in [0.15, 0.2) is 18.2 Å². The number of ether oxygens (including phenoxy) is 1. The minimum absolute atomic E-state index is 0.0431. The summed E-state index contributed by atoms with van der Waals surface area (Å²) in [6.45, 7) is 0.729. The van der Waals surface area contributed by atoms with Crippen molar-refractivity contribution in [1.82, 2.24) is 4.90 Å². The first-order valence-electron chi connectivity index (χ1n) is 7.04. The number of rotatable bonds is 3. The zero-order chi connectivity index (χ0) is 15.9. The van der Waals surface area contributed by atoms with Crippen molar-refractivity contribution in [2.75, 3.05) is 19.8 Å². The Balaban J connectivity index is 1.73. The quantitative estimate of drug-likeness (QED) is 0.915. The molecule has 1 aromatic rings. The highest BCUT2D eigenvalue weighted by molar-refractivity contribution is 6.34. The van der Waals surface area contributed by atoms with Crippen LogP contribution >= 0.6 is 23.2 Å². The molecule has 1 N–H and O–H groups in total. The Kier molecular flexibility index (Phi) is 4.30. The summed E-state index contributed by atoms with van der Waals surface area (Å²) in [5.41, 5.74) is 0.927. The van der Waals surface area contributed by atoms with Crippen molar-refractivity contribution in [3.63, 3.8) is 0 Å². The number of carbonyl (C=O) groups is 2. The molecule has 1 saturated heterocycles. The molecule has 0 aromatic heterocycles. The van der Waals surface area contributed by atoms with Crippen LogP contribution in [0.2, 0.25) is 10.0 Å². The van der Waals surface area contributed by atoms with Gasteiger partial charge in [-0.3, -0.25) is 4.79 Å². The summed E-state index contributed by atoms with van der Waals surface area (Å²) in [5.74, 6) is -1.30. The number of nitrogens with zero attached hydrogens (tertiary/aromatic N) is 1. The van der Waals surface area contributed by atoms with Gasteiger partial charge < -0.3 is 14.7 Å². The van der Waals surface area contributed by atoms with Gasteiger partial charge in [0.1, 0.15) is 0 Å². The number of morpholine rings is 1. The highest BCUT2D eigenvalue weighted by Gasteiger charge is 2.48. The summed E-state index contributed by atoms with van der Waals surface area (Å²) in [5, 5.41) is 10.3. The molecule has 2 fully saturated rings. The summed E-state index contributed by atoms with van der Waals surface area (Å²) in [4.78, 5) is 25.2. The SMILES string of the molecule is O=C(O)[C@@H]1COCCN1C(=O)[C@H]1C[C@@H]1c1cc(Cl)cc(Cl)c1. The summed E-state index contributed by atoms with van der Waals surface area (Å²) in [6, 6.07) is 4.36. The van der Waals surface area contributed by atoms with Gasteiger partial charge in [-0.25, -0.2) is 4.79 Å². The number of halogens is 2. The number of benzene rings is 1. The normalized spacial score (nSPS) is 27.5. The van der Waals surface area contributed by atoms with Gasteiger partial charge in [0.15, 0.2) is 6.04 Å². The first-order chi connectivity index (χ1) is 10.5. The third kappa shape index (κ3) is 3.07. The lowest BCUT2D eigenvalue weighted by Gasteiger charge is -2.33. The fraction of sp³-hybridized carbons (Fsp3) is 0.467. The minimum Gasteiger partial charge on any atom is -0.480 e. The number of carboxylic acids is 1. The largest absolute Gasteiger partial charge is 0.480 e. The Hall–Kier alpha value is -1.30. The van der Waals surface area contributed by atoms with Gasteiger partial charge in [0, 0.05) is 22.5 Å². The van der Waals surface area contributed by atoms with E-state index in [1.165, 1.54) is 4.90 Å². The van der Waals surface area contributed by atoms with Crippen molar-refractivity contribution >= 4 is 35.1 Å². The van der Waals surface area contributed by atoms with Gasteiger partial charge in [-0.05, 0) is 36.1 Å². The fourth-order valence-corrected chi connectivity index (χ4v) is 3.45. The molecule has 3 atom stereocenters. The van der Waals surface area contributed by atoms with Gasteiger partial charge in [-0.1, -0.05) is 23.2 Å². The average molecular weight is 344 g/mol. The fourth-order valence-electron chi connectivity index (χ4n) is 2.91. The average Bonchev–Trinajstić information content (AvgIpc) is 3.26. The van der Waals surface area contributed by atoms with E-state index in [2.05, 4.69) is 0 Å². The summed E-state index contributed by atoms with van der Waals surface area (Å²) < 4.78 is 5.16. The zero-order valence-corrected chi connectivity index (χ0v) is 13.2. The molecule has 5 nitrogen and oxygen atoms in total. The van der Waals surface area contributed by atoms with Crippen LogP contribution in [-0.2, 0) is 14.3 Å². The van der Waals surface area contributed by atoms with E-state index in [1.807, 2.05) is 0 Å². The molecule has 1 aliphatic heterocycles. The predicted octanol–water partition coefficient (Wildman–Crippen LogP) is 2.41. The lowest BCUT2D eigenvalue weighted by atomic mass is 10.1. The standard InChI is InChI=1S/C15H15Cl2NO4/c16-9-3-8(4-10(17)5-9)11-6-12(11)14(19)18-1-2-22-7-13(18)15(20)21/h3-5,11-13H,1-2,6-7H2,(H,20,21)/t11-,12+,13+/m1/s1. The summed E-state index contributed by atoms with van der Waals surface area (Å²) in [6.07, 6.45) is 0.694. The van der Waals surface area contributed by atoms with Crippen LogP contribution in [0.4, 0.5) is 0 Å². The molecule has 0 unspecified atom stereocenters. The van der Waals surface area contributed by atoms with Crippen LogP contribution in [0.1, 0.15) is 17.9 Å². The van der Waals surface area contributed by atoms with E-state index in [4.69, 9.17) is 27.9 Å². The topological polar surface area (TPSA) is 66.8 Å². The van der Waals surface area contributed by atoms with E-state index in [0.717, 1.165) is 5.56 Å². The maximum absolute atomic E-state index is 12.6. The molecule has 22 heavy (non-hydrogen) atoms. The smallest absolute Gasteiger partial charge is 0.328 e. The molecule has 1 heterocycles. The molecule has 1 aliphatic carbocycles. The molecule has 0 bridgehead atoms. The monoisotopic (exact) mass is 343 g/mol. The number of carbonyl (C=O) groups excluding carboxylic acids is 1. The van der Waals surface area contributed by atoms with Crippen molar-refractivity contribution in [2.24, 2.45) is 5.92 Å². The highest BCUT2D eigenvalue weighted by Crippen LogP contribution is 2.49. The van der Waals surface area contributed by atoms with Gasteiger partial charge >= 0.3 is 5.97 Å². The van der Waals surface area contributed by atoms with Gasteiger partial charge in [0.25, 0.3) is 0 Å². The third-order valence-electron chi connectivity index (χ3n) is 4.12. The molecule has 1 amide bonds. The predicted molar refractivity (Wildman–Crippen MR) is 81.3 cm³/mol. The lowest BCUT2D eigenvalue weighted by molar-refractivity contribution is -0.158. The molecular weight excluding hydrogens is 329 g/mol. The lowest BCUT2D eigenvalue weighted by Crippen LogP contribution is -2.53. The van der Waals surface area contributed by atoms with Crippen molar-refractivity contribution in [2.45, 2.75) is 18.4 Å². The van der Waals surface area contributed by atoms with Crippen LogP contribution in [0, 0.1) is 5.92 Å². The molecule has 1 saturated carbocycles. The van der Waals surface area contributed by atoms with Gasteiger partial charge in [0.05, 0.1) is 13.2 Å². The zero-order valence-electron chi connectivity index (χ0n) is 11.7. The maximum atomic E-state index is 12.6. The van der Waals surface area contributed by atoms with Crippen LogP contribution in [0.5, 0.6) is 0 Å². The van der Waals surface area contributed by atoms with Crippen molar-refractivity contribution in [1.29, 1.82) is 0 Å². The van der Waals surface area contributed by atoms with Crippen molar-refractivity contribution < 1.29 is 19.4 Å². The van der Waals surface area contributed by atoms with Crippen LogP contribution < -0.4 is 0 Å². The second kappa shape index (κ2) is 6.07. The number of hydrogen-bond acceptors (Lipinski definition) is 3. The van der Waals surface area contributed by atoms with Crippen molar-refractivity contribution in [3.05, 3.63) is 33.8 Å². The molecule has 3 rings (SSSR count). The van der Waals surface area contributed by atoms with Gasteiger partial charge in [-0.2, -0.15) is 0 Å². The van der Waals surface area contributed by atoms with Crippen LogP contribution in [-0.4, -0.2) is 47.7 Å². The number of aliphatic carboxylic acids is 1. The maximum Gasteiger partial charge on any atom is 0.328 e. The molecule has 0 spiro atoms. The number of carboxylic acid groups (broad SMARTS) is 1. The van der Waals surface area contributed by atoms with Crippen LogP contribution in [0.25, 0.3) is 0 Å². The molecule has 118 valence electrons.